The Morgan fingerprint density at radius 3 is 2.88 bits per heavy atom. The average Bonchev–Trinajstić information content (AvgIpc) is 2.35. The predicted molar refractivity (Wildman–Crippen MR) is 65.1 cm³/mol. The number of ketones is 1. The highest BCUT2D eigenvalue weighted by atomic mass is 16.5. The van der Waals surface area contributed by atoms with Crippen molar-refractivity contribution in [3.63, 3.8) is 0 Å². The van der Waals surface area contributed by atoms with E-state index in [-0.39, 0.29) is 5.78 Å². The highest BCUT2D eigenvalue weighted by Gasteiger charge is 2.07. The molecule has 0 bridgehead atoms. The zero-order valence-electron chi connectivity index (χ0n) is 10.1. The summed E-state index contributed by atoms with van der Waals surface area (Å²) < 4.78 is 5.08. The number of hydrogen-bond donors (Lipinski definition) is 1. The number of benzene rings is 1. The summed E-state index contributed by atoms with van der Waals surface area (Å²) in [6.07, 6.45) is 1.02. The van der Waals surface area contributed by atoms with Crippen molar-refractivity contribution >= 4 is 5.78 Å². The zero-order chi connectivity index (χ0) is 12.0. The molecule has 0 radical (unpaired) electrons. The fourth-order valence-electron chi connectivity index (χ4n) is 1.31. The third kappa shape index (κ3) is 3.66. The van der Waals surface area contributed by atoms with Gasteiger partial charge in [0.15, 0.2) is 5.78 Å². The lowest BCUT2D eigenvalue weighted by Crippen LogP contribution is -2.30. The van der Waals surface area contributed by atoms with Crippen LogP contribution in [0.4, 0.5) is 0 Å². The molecule has 0 aliphatic heterocycles. The SMILES string of the molecule is CCC(C)NCC(=O)c1cccc(OC)c1. The second kappa shape index (κ2) is 6.28. The molecule has 1 aromatic rings. The van der Waals surface area contributed by atoms with Crippen molar-refractivity contribution in [3.05, 3.63) is 29.8 Å². The minimum atomic E-state index is 0.0965. The summed E-state index contributed by atoms with van der Waals surface area (Å²) >= 11 is 0. The Kier molecular flexibility index (Phi) is 4.99. The Balaban J connectivity index is 2.58. The number of carbonyl (C=O) groups is 1. The van der Waals surface area contributed by atoms with E-state index in [0.717, 1.165) is 12.2 Å². The number of rotatable bonds is 6. The molecule has 0 amide bonds. The molecule has 0 spiro atoms. The molecule has 1 atom stereocenters. The molecule has 1 N–H and O–H groups in total. The molecule has 0 aliphatic carbocycles. The number of Topliss-reactive ketones (excluding diaryl/α,β-unsaturated/α-hetero) is 1. The quantitative estimate of drug-likeness (QED) is 0.749. The maximum Gasteiger partial charge on any atom is 0.176 e. The van der Waals surface area contributed by atoms with Gasteiger partial charge in [0.05, 0.1) is 13.7 Å². The van der Waals surface area contributed by atoms with Gasteiger partial charge in [-0.25, -0.2) is 0 Å². The Hall–Kier alpha value is -1.35. The van der Waals surface area contributed by atoms with Gasteiger partial charge >= 0.3 is 0 Å². The van der Waals surface area contributed by atoms with Crippen LogP contribution in [0.1, 0.15) is 30.6 Å². The van der Waals surface area contributed by atoms with Crippen LogP contribution in [0.5, 0.6) is 5.75 Å². The van der Waals surface area contributed by atoms with Gasteiger partial charge in [-0.05, 0) is 25.5 Å². The Bertz CT molecular complexity index is 350. The van der Waals surface area contributed by atoms with E-state index in [0.29, 0.717) is 18.2 Å². The minimum absolute atomic E-state index is 0.0965. The Morgan fingerprint density at radius 2 is 2.25 bits per heavy atom. The van der Waals surface area contributed by atoms with E-state index in [1.165, 1.54) is 0 Å². The Morgan fingerprint density at radius 1 is 1.50 bits per heavy atom. The van der Waals surface area contributed by atoms with E-state index in [1.807, 2.05) is 18.2 Å². The number of ether oxygens (including phenoxy) is 1. The van der Waals surface area contributed by atoms with Gasteiger partial charge in [-0.3, -0.25) is 4.79 Å². The van der Waals surface area contributed by atoms with Crippen LogP contribution in [-0.4, -0.2) is 25.5 Å². The van der Waals surface area contributed by atoms with Gasteiger partial charge in [0.25, 0.3) is 0 Å². The first-order valence-electron chi connectivity index (χ1n) is 5.58. The third-order valence-corrected chi connectivity index (χ3v) is 2.62. The van der Waals surface area contributed by atoms with Gasteiger partial charge < -0.3 is 10.1 Å². The standard InChI is InChI=1S/C13H19NO2/c1-4-10(2)14-9-13(15)11-6-5-7-12(8-11)16-3/h5-8,10,14H,4,9H2,1-3H3. The average molecular weight is 221 g/mol. The predicted octanol–water partition coefficient (Wildman–Crippen LogP) is 2.27. The topological polar surface area (TPSA) is 38.3 Å². The molecule has 1 aromatic carbocycles. The van der Waals surface area contributed by atoms with E-state index < -0.39 is 0 Å². The number of nitrogens with one attached hydrogen (secondary N) is 1. The monoisotopic (exact) mass is 221 g/mol. The summed E-state index contributed by atoms with van der Waals surface area (Å²) in [7, 11) is 1.60. The fourth-order valence-corrected chi connectivity index (χ4v) is 1.31. The van der Waals surface area contributed by atoms with Crippen LogP contribution in [0.3, 0.4) is 0 Å². The molecular formula is C13H19NO2. The molecule has 1 rings (SSSR count). The van der Waals surface area contributed by atoms with Crippen molar-refractivity contribution < 1.29 is 9.53 Å². The summed E-state index contributed by atoms with van der Waals surface area (Å²) in [5, 5.41) is 3.18. The van der Waals surface area contributed by atoms with E-state index in [4.69, 9.17) is 4.74 Å². The summed E-state index contributed by atoms with van der Waals surface area (Å²) in [5.74, 6) is 0.814. The number of hydrogen-bond acceptors (Lipinski definition) is 3. The smallest absolute Gasteiger partial charge is 0.176 e. The van der Waals surface area contributed by atoms with Crippen LogP contribution < -0.4 is 10.1 Å². The van der Waals surface area contributed by atoms with Crippen molar-refractivity contribution in [1.29, 1.82) is 0 Å². The summed E-state index contributed by atoms with van der Waals surface area (Å²) in [5.41, 5.74) is 0.690. The van der Waals surface area contributed by atoms with Crippen molar-refractivity contribution in [1.82, 2.24) is 5.32 Å². The van der Waals surface area contributed by atoms with Crippen molar-refractivity contribution in [2.45, 2.75) is 26.3 Å². The largest absolute Gasteiger partial charge is 0.497 e. The van der Waals surface area contributed by atoms with Crippen molar-refractivity contribution in [2.75, 3.05) is 13.7 Å². The highest BCUT2D eigenvalue weighted by Crippen LogP contribution is 2.12. The van der Waals surface area contributed by atoms with Crippen LogP contribution in [-0.2, 0) is 0 Å². The van der Waals surface area contributed by atoms with Gasteiger partial charge in [0.2, 0.25) is 0 Å². The lowest BCUT2D eigenvalue weighted by molar-refractivity contribution is 0.0987. The molecule has 0 saturated carbocycles. The first kappa shape index (κ1) is 12.7. The lowest BCUT2D eigenvalue weighted by Gasteiger charge is -2.10. The molecule has 1 unspecified atom stereocenters. The van der Waals surface area contributed by atoms with Crippen LogP contribution in [0, 0.1) is 0 Å². The minimum Gasteiger partial charge on any atom is -0.497 e. The molecule has 0 heterocycles. The summed E-state index contributed by atoms with van der Waals surface area (Å²) in [6.45, 7) is 4.54. The first-order valence-corrected chi connectivity index (χ1v) is 5.58. The molecule has 0 fully saturated rings. The maximum atomic E-state index is 11.8. The van der Waals surface area contributed by atoms with E-state index in [9.17, 15) is 4.79 Å². The van der Waals surface area contributed by atoms with Gasteiger partial charge in [-0.15, -0.1) is 0 Å². The highest BCUT2D eigenvalue weighted by molar-refractivity contribution is 5.97. The summed E-state index contributed by atoms with van der Waals surface area (Å²) in [6, 6.07) is 7.60. The van der Waals surface area contributed by atoms with Crippen LogP contribution in [0.25, 0.3) is 0 Å². The Labute approximate surface area is 96.8 Å². The molecule has 0 aliphatic rings. The van der Waals surface area contributed by atoms with Gasteiger partial charge in [0.1, 0.15) is 5.75 Å². The second-order valence-corrected chi connectivity index (χ2v) is 3.85. The van der Waals surface area contributed by atoms with Gasteiger partial charge in [-0.2, -0.15) is 0 Å². The fraction of sp³-hybridized carbons (Fsp3) is 0.462. The molecule has 0 saturated heterocycles. The number of carbonyl (C=O) groups excluding carboxylic acids is 1. The van der Waals surface area contributed by atoms with Crippen molar-refractivity contribution in [3.8, 4) is 5.75 Å². The van der Waals surface area contributed by atoms with Crippen molar-refractivity contribution in [2.24, 2.45) is 0 Å². The molecule has 3 heteroatoms. The lowest BCUT2D eigenvalue weighted by atomic mass is 10.1. The van der Waals surface area contributed by atoms with Crippen LogP contribution >= 0.6 is 0 Å². The summed E-state index contributed by atoms with van der Waals surface area (Å²) in [4.78, 5) is 11.8. The molecular weight excluding hydrogens is 202 g/mol. The zero-order valence-corrected chi connectivity index (χ0v) is 10.1. The van der Waals surface area contributed by atoms with Gasteiger partial charge in [-0.1, -0.05) is 19.1 Å². The van der Waals surface area contributed by atoms with Gasteiger partial charge in [0, 0.05) is 11.6 Å². The molecule has 3 nitrogen and oxygen atoms in total. The normalized spacial score (nSPS) is 12.2. The maximum absolute atomic E-state index is 11.8. The van der Waals surface area contributed by atoms with E-state index >= 15 is 0 Å². The second-order valence-electron chi connectivity index (χ2n) is 3.85. The van der Waals surface area contributed by atoms with Crippen LogP contribution in [0.2, 0.25) is 0 Å². The first-order chi connectivity index (χ1) is 7.67. The third-order valence-electron chi connectivity index (χ3n) is 2.62. The van der Waals surface area contributed by atoms with E-state index in [2.05, 4.69) is 19.2 Å². The molecule has 0 aromatic heterocycles. The molecule has 16 heavy (non-hydrogen) atoms. The van der Waals surface area contributed by atoms with E-state index in [1.54, 1.807) is 13.2 Å². The van der Waals surface area contributed by atoms with Crippen LogP contribution in [0.15, 0.2) is 24.3 Å². The number of methoxy groups -OCH3 is 1. The molecule has 88 valence electrons.